The molecule has 2 bridgehead atoms. The molecule has 0 spiro atoms. The molecule has 5 aliphatic heterocycles. The fourth-order valence-electron chi connectivity index (χ4n) is 6.04. The first-order valence-electron chi connectivity index (χ1n) is 11.0. The van der Waals surface area contributed by atoms with Crippen molar-refractivity contribution in [3.8, 4) is 11.5 Å². The molecule has 1 aromatic heterocycles. The van der Waals surface area contributed by atoms with Crippen LogP contribution in [-0.2, 0) is 13.0 Å². The van der Waals surface area contributed by atoms with Gasteiger partial charge in [0.25, 0.3) is 0 Å². The second-order valence-electron chi connectivity index (χ2n) is 8.86. The van der Waals surface area contributed by atoms with Crippen LogP contribution in [0, 0.1) is 5.92 Å². The topological polar surface area (TPSA) is 50.7 Å². The van der Waals surface area contributed by atoms with Gasteiger partial charge in [-0.1, -0.05) is 13.0 Å². The Kier molecular flexibility index (Phi) is 4.24. The Morgan fingerprint density at radius 1 is 1.03 bits per heavy atom. The van der Waals surface area contributed by atoms with Crippen LogP contribution in [0.4, 0.5) is 0 Å². The van der Waals surface area contributed by atoms with Crippen molar-refractivity contribution < 1.29 is 9.47 Å². The third-order valence-electron chi connectivity index (χ3n) is 7.38. The molecule has 152 valence electrons. The van der Waals surface area contributed by atoms with Crippen molar-refractivity contribution in [2.45, 2.75) is 50.7 Å². The van der Waals surface area contributed by atoms with Gasteiger partial charge in [0, 0.05) is 55.5 Å². The van der Waals surface area contributed by atoms with Crippen LogP contribution in [0.25, 0.3) is 0 Å². The molecule has 6 heteroatoms. The van der Waals surface area contributed by atoms with Crippen molar-refractivity contribution in [1.82, 2.24) is 19.8 Å². The molecule has 1 aromatic carbocycles. The van der Waals surface area contributed by atoms with E-state index in [1.54, 1.807) is 0 Å². The highest BCUT2D eigenvalue weighted by Gasteiger charge is 2.53. The fraction of sp³-hybridized carbons (Fsp3) is 0.565. The molecule has 0 N–H and O–H groups in total. The van der Waals surface area contributed by atoms with Crippen LogP contribution < -0.4 is 9.47 Å². The summed E-state index contributed by atoms with van der Waals surface area (Å²) in [5.74, 6) is 4.01. The van der Waals surface area contributed by atoms with Gasteiger partial charge in [0.1, 0.15) is 5.82 Å². The summed E-state index contributed by atoms with van der Waals surface area (Å²) in [4.78, 5) is 14.5. The molecular formula is C23H28N4O2. The maximum atomic E-state index is 5.67. The largest absolute Gasteiger partial charge is 0.454 e. The van der Waals surface area contributed by atoms with E-state index in [0.717, 1.165) is 42.8 Å². The maximum Gasteiger partial charge on any atom is 0.231 e. The van der Waals surface area contributed by atoms with Crippen LogP contribution >= 0.6 is 0 Å². The summed E-state index contributed by atoms with van der Waals surface area (Å²) < 4.78 is 11.2. The van der Waals surface area contributed by atoms with Crippen molar-refractivity contribution in [3.05, 3.63) is 47.5 Å². The number of piperidine rings is 3. The summed E-state index contributed by atoms with van der Waals surface area (Å²) in [6.07, 6.45) is 7.59. The van der Waals surface area contributed by atoms with E-state index in [2.05, 4.69) is 44.9 Å². The molecule has 0 unspecified atom stereocenters. The number of ether oxygens (including phenoxy) is 2. The minimum atomic E-state index is 0.337. The number of aromatic nitrogens is 2. The Labute approximate surface area is 171 Å². The molecule has 0 aliphatic carbocycles. The van der Waals surface area contributed by atoms with Gasteiger partial charge >= 0.3 is 0 Å². The van der Waals surface area contributed by atoms with Crippen LogP contribution in [0.5, 0.6) is 11.5 Å². The highest BCUT2D eigenvalue weighted by molar-refractivity contribution is 5.46. The van der Waals surface area contributed by atoms with Crippen molar-refractivity contribution in [2.24, 2.45) is 5.92 Å². The van der Waals surface area contributed by atoms with Gasteiger partial charge in [-0.25, -0.2) is 9.97 Å². The molecule has 7 rings (SSSR count). The highest BCUT2D eigenvalue weighted by Crippen LogP contribution is 2.48. The number of hydrogen-bond donors (Lipinski definition) is 0. The lowest BCUT2D eigenvalue weighted by Crippen LogP contribution is -2.59. The number of fused-ring (bicyclic) bond motifs is 3. The Morgan fingerprint density at radius 3 is 2.62 bits per heavy atom. The SMILES string of the molecule is CCc1ncc(CN2C[C@H](c3ccc4c(c3)OCO4)[C@H]3[C@@H]2C2CCN3CC2)cn1. The van der Waals surface area contributed by atoms with E-state index in [1.807, 2.05) is 12.4 Å². The van der Waals surface area contributed by atoms with E-state index < -0.39 is 0 Å². The number of rotatable bonds is 4. The van der Waals surface area contributed by atoms with Gasteiger partial charge < -0.3 is 9.47 Å². The number of benzene rings is 1. The zero-order valence-corrected chi connectivity index (χ0v) is 17.0. The molecule has 5 aliphatic rings. The molecule has 0 radical (unpaired) electrons. The van der Waals surface area contributed by atoms with Crippen LogP contribution in [0.3, 0.4) is 0 Å². The minimum absolute atomic E-state index is 0.337. The Bertz CT molecular complexity index is 894. The lowest BCUT2D eigenvalue weighted by atomic mass is 9.75. The molecule has 29 heavy (non-hydrogen) atoms. The number of hydrogen-bond acceptors (Lipinski definition) is 6. The molecule has 0 saturated carbocycles. The molecule has 2 aromatic rings. The van der Waals surface area contributed by atoms with E-state index in [-0.39, 0.29) is 0 Å². The summed E-state index contributed by atoms with van der Waals surface area (Å²) >= 11 is 0. The first-order chi connectivity index (χ1) is 14.3. The summed E-state index contributed by atoms with van der Waals surface area (Å²) in [5.41, 5.74) is 2.61. The van der Waals surface area contributed by atoms with Gasteiger partial charge in [0.05, 0.1) is 0 Å². The standard InChI is InChI=1S/C23H28N4O2/c1-2-21-24-10-15(11-25-21)12-27-13-18(17-3-4-19-20(9-17)29-14-28-19)23-22(27)16-5-7-26(23)8-6-16/h3-4,9-11,16,18,22-23H,2,5-8,12-14H2,1H3/t18-,22+,23+/m1/s1. The second-order valence-corrected chi connectivity index (χ2v) is 8.86. The van der Waals surface area contributed by atoms with Crippen molar-refractivity contribution >= 4 is 0 Å². The van der Waals surface area contributed by atoms with E-state index in [9.17, 15) is 0 Å². The number of nitrogens with zero attached hydrogens (tertiary/aromatic N) is 4. The predicted molar refractivity (Wildman–Crippen MR) is 109 cm³/mol. The molecule has 4 fully saturated rings. The van der Waals surface area contributed by atoms with Gasteiger partial charge in [0.2, 0.25) is 6.79 Å². The number of aryl methyl sites for hydroxylation is 1. The highest BCUT2D eigenvalue weighted by atomic mass is 16.7. The van der Waals surface area contributed by atoms with Gasteiger partial charge in [-0.05, 0) is 49.5 Å². The van der Waals surface area contributed by atoms with Gasteiger partial charge in [-0.2, -0.15) is 0 Å². The summed E-state index contributed by atoms with van der Waals surface area (Å²) in [6, 6.07) is 7.78. The summed E-state index contributed by atoms with van der Waals surface area (Å²) in [7, 11) is 0. The quantitative estimate of drug-likeness (QED) is 0.798. The zero-order valence-electron chi connectivity index (χ0n) is 17.0. The molecule has 6 nitrogen and oxygen atoms in total. The maximum absolute atomic E-state index is 5.67. The van der Waals surface area contributed by atoms with E-state index >= 15 is 0 Å². The first kappa shape index (κ1) is 17.7. The lowest BCUT2D eigenvalue weighted by molar-refractivity contribution is -0.00874. The van der Waals surface area contributed by atoms with Crippen molar-refractivity contribution in [2.75, 3.05) is 26.4 Å². The lowest BCUT2D eigenvalue weighted by Gasteiger charge is -2.51. The second kappa shape index (κ2) is 6.96. The molecule has 3 atom stereocenters. The Hall–Kier alpha value is -2.18. The molecule has 6 heterocycles. The van der Waals surface area contributed by atoms with E-state index in [4.69, 9.17) is 9.47 Å². The van der Waals surface area contributed by atoms with Gasteiger partial charge in [-0.15, -0.1) is 0 Å². The zero-order chi connectivity index (χ0) is 19.4. The van der Waals surface area contributed by atoms with E-state index in [1.165, 1.54) is 37.1 Å². The molecular weight excluding hydrogens is 364 g/mol. The smallest absolute Gasteiger partial charge is 0.231 e. The Morgan fingerprint density at radius 2 is 1.83 bits per heavy atom. The number of likely N-dealkylation sites (tertiary alicyclic amines) is 1. The summed E-state index contributed by atoms with van der Waals surface area (Å²) in [6.45, 7) is 6.95. The van der Waals surface area contributed by atoms with Crippen LogP contribution in [-0.4, -0.2) is 58.3 Å². The third kappa shape index (κ3) is 2.92. The first-order valence-corrected chi connectivity index (χ1v) is 11.0. The third-order valence-corrected chi connectivity index (χ3v) is 7.38. The molecule has 4 saturated heterocycles. The average Bonchev–Trinajstić information content (AvgIpc) is 3.40. The van der Waals surface area contributed by atoms with Gasteiger partial charge in [0.15, 0.2) is 11.5 Å². The monoisotopic (exact) mass is 392 g/mol. The average molecular weight is 393 g/mol. The predicted octanol–water partition coefficient (Wildman–Crippen LogP) is 2.83. The van der Waals surface area contributed by atoms with Crippen molar-refractivity contribution in [3.63, 3.8) is 0 Å². The molecule has 0 amide bonds. The van der Waals surface area contributed by atoms with Crippen LogP contribution in [0.1, 0.15) is 42.6 Å². The summed E-state index contributed by atoms with van der Waals surface area (Å²) in [5, 5.41) is 0. The Balaban J connectivity index is 1.31. The normalized spacial score (nSPS) is 32.5. The van der Waals surface area contributed by atoms with E-state index in [0.29, 0.717) is 24.8 Å². The van der Waals surface area contributed by atoms with Gasteiger partial charge in [-0.3, -0.25) is 9.80 Å². The van der Waals surface area contributed by atoms with Crippen LogP contribution in [0.15, 0.2) is 30.6 Å². The van der Waals surface area contributed by atoms with Crippen molar-refractivity contribution in [1.29, 1.82) is 0 Å². The minimum Gasteiger partial charge on any atom is -0.454 e. The van der Waals surface area contributed by atoms with Crippen LogP contribution in [0.2, 0.25) is 0 Å². The fourth-order valence-corrected chi connectivity index (χ4v) is 6.04.